The highest BCUT2D eigenvalue weighted by Crippen LogP contribution is 2.21. The van der Waals surface area contributed by atoms with E-state index in [9.17, 15) is 9.35 Å². The highest BCUT2D eigenvalue weighted by atomic mass is 32.2. The summed E-state index contributed by atoms with van der Waals surface area (Å²) in [7, 11) is 0. The lowest BCUT2D eigenvalue weighted by Crippen LogP contribution is -2.41. The molecule has 6 heteroatoms. The fourth-order valence-electron chi connectivity index (χ4n) is 0.988. The summed E-state index contributed by atoms with van der Waals surface area (Å²) < 4.78 is 20.6. The van der Waals surface area contributed by atoms with Crippen LogP contribution in [0.2, 0.25) is 0 Å². The van der Waals surface area contributed by atoms with Crippen molar-refractivity contribution in [1.29, 1.82) is 0 Å². The Morgan fingerprint density at radius 3 is 2.57 bits per heavy atom. The zero-order chi connectivity index (χ0) is 10.9. The fourth-order valence-corrected chi connectivity index (χ4v) is 1.95. The average Bonchev–Trinajstić information content (AvgIpc) is 2.27. The first-order valence-corrected chi connectivity index (χ1v) is 5.46. The lowest BCUT2D eigenvalue weighted by atomic mass is 10.2. The van der Waals surface area contributed by atoms with Gasteiger partial charge in [0.05, 0.1) is 0 Å². The SMILES string of the molecule is C[C@H]1CO[S+](O)N1C(=O)OC(C)(C)C. The Balaban J connectivity index is 2.60. The molecule has 1 aliphatic heterocycles. The van der Waals surface area contributed by atoms with Crippen LogP contribution in [0, 0.1) is 0 Å². The summed E-state index contributed by atoms with van der Waals surface area (Å²) in [4.78, 5) is 11.6. The summed E-state index contributed by atoms with van der Waals surface area (Å²) >= 11 is -1.45. The molecule has 1 N–H and O–H groups in total. The number of hydrogen-bond donors (Lipinski definition) is 1. The van der Waals surface area contributed by atoms with E-state index in [1.807, 2.05) is 0 Å². The summed E-state index contributed by atoms with van der Waals surface area (Å²) in [5.74, 6) is 0. The Bertz CT molecular complexity index is 218. The number of nitrogens with zero attached hydrogens (tertiary/aromatic N) is 1. The lowest BCUT2D eigenvalue weighted by Gasteiger charge is -2.21. The van der Waals surface area contributed by atoms with Gasteiger partial charge in [0.25, 0.3) is 0 Å². The number of rotatable bonds is 0. The zero-order valence-electron chi connectivity index (χ0n) is 8.81. The van der Waals surface area contributed by atoms with Crippen molar-refractivity contribution in [3.8, 4) is 0 Å². The molecule has 0 aromatic carbocycles. The summed E-state index contributed by atoms with van der Waals surface area (Å²) in [5, 5.41) is 0. The van der Waals surface area contributed by atoms with E-state index in [-0.39, 0.29) is 6.04 Å². The van der Waals surface area contributed by atoms with E-state index in [0.29, 0.717) is 6.61 Å². The van der Waals surface area contributed by atoms with Crippen LogP contribution in [-0.2, 0) is 20.6 Å². The number of ether oxygens (including phenoxy) is 1. The highest BCUT2D eigenvalue weighted by molar-refractivity contribution is 7.85. The molecule has 1 unspecified atom stereocenters. The van der Waals surface area contributed by atoms with Crippen molar-refractivity contribution in [2.24, 2.45) is 0 Å². The molecule has 0 radical (unpaired) electrons. The number of hydrogen-bond acceptors (Lipinski definition) is 4. The standard InChI is InChI=1S/C8H16NO4S/c1-6-5-12-14(11)9(6)7(10)13-8(2,3)4/h6,11H,5H2,1-4H3/q+1/t6-,14?/m0/s1. The summed E-state index contributed by atoms with van der Waals surface area (Å²) in [6, 6.07) is -0.141. The molecule has 0 bridgehead atoms. The summed E-state index contributed by atoms with van der Waals surface area (Å²) in [6.45, 7) is 7.48. The molecule has 1 fully saturated rings. The maximum Gasteiger partial charge on any atom is 0.458 e. The Morgan fingerprint density at radius 1 is 1.64 bits per heavy atom. The van der Waals surface area contributed by atoms with Crippen molar-refractivity contribution >= 4 is 17.7 Å². The van der Waals surface area contributed by atoms with Crippen LogP contribution >= 0.6 is 0 Å². The van der Waals surface area contributed by atoms with Crippen molar-refractivity contribution in [3.05, 3.63) is 0 Å². The van der Waals surface area contributed by atoms with Gasteiger partial charge in [-0.25, -0.2) is 4.79 Å². The van der Waals surface area contributed by atoms with Crippen LogP contribution in [0.5, 0.6) is 0 Å². The predicted molar refractivity (Wildman–Crippen MR) is 53.5 cm³/mol. The van der Waals surface area contributed by atoms with Gasteiger partial charge in [0, 0.05) is 0 Å². The molecule has 1 aliphatic rings. The minimum absolute atomic E-state index is 0.141. The molecule has 14 heavy (non-hydrogen) atoms. The van der Waals surface area contributed by atoms with Crippen molar-refractivity contribution in [2.75, 3.05) is 6.61 Å². The molecule has 0 aliphatic carbocycles. The minimum atomic E-state index is -1.45. The molecule has 5 nitrogen and oxygen atoms in total. The van der Waals surface area contributed by atoms with Gasteiger partial charge in [0.15, 0.2) is 0 Å². The van der Waals surface area contributed by atoms with E-state index in [1.165, 1.54) is 4.31 Å². The van der Waals surface area contributed by atoms with Crippen molar-refractivity contribution in [2.45, 2.75) is 39.3 Å². The molecule has 1 heterocycles. The first-order valence-electron chi connectivity index (χ1n) is 4.40. The second kappa shape index (κ2) is 3.96. The Labute approximate surface area is 86.9 Å². The van der Waals surface area contributed by atoms with Crippen molar-refractivity contribution in [1.82, 2.24) is 4.31 Å². The number of carbonyl (C=O) groups excluding carboxylic acids is 1. The Morgan fingerprint density at radius 2 is 2.21 bits per heavy atom. The van der Waals surface area contributed by atoms with Gasteiger partial charge < -0.3 is 4.74 Å². The zero-order valence-corrected chi connectivity index (χ0v) is 9.63. The molecule has 1 saturated heterocycles. The van der Waals surface area contributed by atoms with Crippen molar-refractivity contribution in [3.63, 3.8) is 0 Å². The topological polar surface area (TPSA) is 59.0 Å². The van der Waals surface area contributed by atoms with Gasteiger partial charge >= 0.3 is 17.7 Å². The maximum absolute atomic E-state index is 11.6. The van der Waals surface area contributed by atoms with E-state index in [1.54, 1.807) is 27.7 Å². The minimum Gasteiger partial charge on any atom is -0.441 e. The van der Waals surface area contributed by atoms with E-state index < -0.39 is 23.3 Å². The second-order valence-electron chi connectivity index (χ2n) is 4.17. The van der Waals surface area contributed by atoms with Crippen LogP contribution in [0.4, 0.5) is 4.79 Å². The predicted octanol–water partition coefficient (Wildman–Crippen LogP) is 1.56. The van der Waals surface area contributed by atoms with Crippen LogP contribution in [0.3, 0.4) is 0 Å². The maximum atomic E-state index is 11.6. The Hall–Kier alpha value is -0.460. The van der Waals surface area contributed by atoms with Gasteiger partial charge in [0.1, 0.15) is 18.2 Å². The number of carbonyl (C=O) groups is 1. The van der Waals surface area contributed by atoms with Gasteiger partial charge in [-0.2, -0.15) is 0 Å². The smallest absolute Gasteiger partial charge is 0.441 e. The molecule has 2 atom stereocenters. The van der Waals surface area contributed by atoms with Gasteiger partial charge in [-0.05, 0) is 27.7 Å². The first kappa shape index (κ1) is 11.6. The third-order valence-electron chi connectivity index (χ3n) is 1.56. The van der Waals surface area contributed by atoms with E-state index in [0.717, 1.165) is 0 Å². The third kappa shape index (κ3) is 2.76. The molecule has 0 aromatic heterocycles. The van der Waals surface area contributed by atoms with Crippen LogP contribution in [-0.4, -0.2) is 33.2 Å². The lowest BCUT2D eigenvalue weighted by molar-refractivity contribution is 0.0367. The summed E-state index contributed by atoms with van der Waals surface area (Å²) in [6.07, 6.45) is -0.534. The molecule has 0 saturated carbocycles. The quantitative estimate of drug-likeness (QED) is 0.632. The molecule has 0 aromatic rings. The van der Waals surface area contributed by atoms with Crippen LogP contribution < -0.4 is 0 Å². The second-order valence-corrected chi connectivity index (χ2v) is 5.26. The van der Waals surface area contributed by atoms with E-state index in [2.05, 4.69) is 0 Å². The summed E-state index contributed by atoms with van der Waals surface area (Å²) in [5.41, 5.74) is -0.552. The molecule has 1 rings (SSSR count). The average molecular weight is 222 g/mol. The molecular weight excluding hydrogens is 206 g/mol. The van der Waals surface area contributed by atoms with Gasteiger partial charge in [0.2, 0.25) is 0 Å². The van der Waals surface area contributed by atoms with Crippen LogP contribution in [0.15, 0.2) is 0 Å². The van der Waals surface area contributed by atoms with Gasteiger partial charge in [-0.15, -0.1) is 8.74 Å². The van der Waals surface area contributed by atoms with Gasteiger partial charge in [-0.1, -0.05) is 4.31 Å². The molecular formula is C8H16NO4S+. The Kier molecular flexibility index (Phi) is 3.28. The third-order valence-corrected chi connectivity index (χ3v) is 2.75. The monoisotopic (exact) mass is 222 g/mol. The number of amides is 1. The normalized spacial score (nSPS) is 27.9. The van der Waals surface area contributed by atoms with E-state index >= 15 is 0 Å². The highest BCUT2D eigenvalue weighted by Gasteiger charge is 2.49. The fraction of sp³-hybridized carbons (Fsp3) is 0.875. The van der Waals surface area contributed by atoms with Gasteiger partial charge in [-0.3, -0.25) is 0 Å². The molecule has 82 valence electrons. The van der Waals surface area contributed by atoms with Crippen LogP contribution in [0.25, 0.3) is 0 Å². The molecule has 1 amide bonds. The largest absolute Gasteiger partial charge is 0.458 e. The van der Waals surface area contributed by atoms with E-state index in [4.69, 9.17) is 8.92 Å². The first-order chi connectivity index (χ1) is 6.31. The molecule has 0 spiro atoms. The van der Waals surface area contributed by atoms with Crippen LogP contribution in [0.1, 0.15) is 27.7 Å². The van der Waals surface area contributed by atoms with Crippen molar-refractivity contribution < 1.29 is 18.3 Å².